The van der Waals surface area contributed by atoms with Gasteiger partial charge in [-0.15, -0.1) is 0 Å². The lowest BCUT2D eigenvalue weighted by Gasteiger charge is -2.25. The first-order chi connectivity index (χ1) is 37.6. The van der Waals surface area contributed by atoms with Crippen LogP contribution in [0.1, 0.15) is 322 Å². The van der Waals surface area contributed by atoms with Crippen LogP contribution in [0.25, 0.3) is 0 Å². The molecule has 0 aromatic carbocycles. The normalized spacial score (nSPS) is 12.9. The molecule has 0 fully saturated rings. The van der Waals surface area contributed by atoms with Crippen LogP contribution in [0.4, 0.5) is 0 Å². The molecule has 0 saturated heterocycles. The lowest BCUT2D eigenvalue weighted by atomic mass is 10.0. The summed E-state index contributed by atoms with van der Waals surface area (Å²) in [5.41, 5.74) is 0. The average molecular weight is 1090 g/mol. The molecule has 0 aliphatic rings. The Morgan fingerprint density at radius 1 is 0.390 bits per heavy atom. The zero-order valence-corrected chi connectivity index (χ0v) is 51.6. The Morgan fingerprint density at radius 3 is 1.04 bits per heavy atom. The monoisotopic (exact) mass is 1090 g/mol. The van der Waals surface area contributed by atoms with E-state index in [-0.39, 0.29) is 38.2 Å². The van der Waals surface area contributed by atoms with Crippen LogP contribution in [-0.4, -0.2) is 87.4 Å². The van der Waals surface area contributed by atoms with Crippen molar-refractivity contribution in [2.45, 2.75) is 334 Å². The molecule has 2 unspecified atom stereocenters. The number of carbonyl (C=O) groups excluding carboxylic acids is 2. The summed E-state index contributed by atoms with van der Waals surface area (Å²) in [6.45, 7) is 4.93. The molecule has 1 N–H and O–H groups in total. The third-order valence-corrected chi connectivity index (χ3v) is 14.9. The Labute approximate surface area is 477 Å². The van der Waals surface area contributed by atoms with E-state index in [4.69, 9.17) is 18.9 Å². The molecule has 0 bridgehead atoms. The van der Waals surface area contributed by atoms with Gasteiger partial charge >= 0.3 is 17.9 Å². The van der Waals surface area contributed by atoms with Crippen molar-refractivity contribution in [2.75, 3.05) is 47.5 Å². The first kappa shape index (κ1) is 74.5. The topological polar surface area (TPSA) is 108 Å². The molecule has 0 radical (unpaired) electrons. The molecule has 0 aromatic rings. The molecule has 9 heteroatoms. The molecule has 0 rings (SSSR count). The van der Waals surface area contributed by atoms with Crippen LogP contribution in [0.15, 0.2) is 36.5 Å². The first-order valence-electron chi connectivity index (χ1n) is 33.2. The summed E-state index contributed by atoms with van der Waals surface area (Å²) in [5, 5.41) is 9.73. The van der Waals surface area contributed by atoms with E-state index in [0.29, 0.717) is 17.4 Å². The van der Waals surface area contributed by atoms with E-state index in [0.717, 1.165) is 51.4 Å². The average Bonchev–Trinajstić information content (AvgIpc) is 3.40. The van der Waals surface area contributed by atoms with Gasteiger partial charge in [0.15, 0.2) is 6.10 Å². The van der Waals surface area contributed by atoms with Gasteiger partial charge in [-0.05, 0) is 51.4 Å². The minimum Gasteiger partial charge on any atom is -0.477 e. The van der Waals surface area contributed by atoms with E-state index in [1.807, 2.05) is 21.1 Å². The van der Waals surface area contributed by atoms with E-state index in [1.54, 1.807) is 0 Å². The zero-order valence-electron chi connectivity index (χ0n) is 51.6. The summed E-state index contributed by atoms with van der Waals surface area (Å²) in [5.74, 6) is -1.98. The molecule has 2 atom stereocenters. The highest BCUT2D eigenvalue weighted by Gasteiger charge is 2.25. The predicted molar refractivity (Wildman–Crippen MR) is 327 cm³/mol. The number of hydrogen-bond donors (Lipinski definition) is 1. The molecule has 9 nitrogen and oxygen atoms in total. The van der Waals surface area contributed by atoms with Crippen molar-refractivity contribution >= 4 is 17.9 Å². The summed E-state index contributed by atoms with van der Waals surface area (Å²) < 4.78 is 23.0. The fraction of sp³-hybridized carbons (Fsp3) is 0.868. The number of carbonyl (C=O) groups is 3. The molecule has 0 aliphatic carbocycles. The van der Waals surface area contributed by atoms with Crippen LogP contribution < -0.4 is 0 Å². The summed E-state index contributed by atoms with van der Waals surface area (Å²) in [6.07, 6.45) is 71.0. The van der Waals surface area contributed by atoms with Crippen LogP contribution in [0.3, 0.4) is 0 Å². The van der Waals surface area contributed by atoms with Crippen LogP contribution in [-0.2, 0) is 33.3 Å². The van der Waals surface area contributed by atoms with Gasteiger partial charge < -0.3 is 28.5 Å². The molecular formula is C68H128NO8+. The number of rotatable bonds is 62. The van der Waals surface area contributed by atoms with Gasteiger partial charge in [-0.2, -0.15) is 0 Å². The second-order valence-electron chi connectivity index (χ2n) is 23.8. The van der Waals surface area contributed by atoms with Crippen molar-refractivity contribution in [2.24, 2.45) is 0 Å². The van der Waals surface area contributed by atoms with Crippen LogP contribution in [0.2, 0.25) is 0 Å². The minimum atomic E-state index is -1.51. The van der Waals surface area contributed by atoms with Crippen LogP contribution in [0.5, 0.6) is 0 Å². The number of esters is 2. The Morgan fingerprint density at radius 2 is 0.701 bits per heavy atom. The highest BCUT2D eigenvalue weighted by atomic mass is 16.7. The van der Waals surface area contributed by atoms with Crippen molar-refractivity contribution in [1.82, 2.24) is 0 Å². The van der Waals surface area contributed by atoms with Crippen molar-refractivity contribution in [3.05, 3.63) is 36.5 Å². The highest BCUT2D eigenvalue weighted by Crippen LogP contribution is 2.18. The summed E-state index contributed by atoms with van der Waals surface area (Å²) in [7, 11) is 5.99. The molecule has 0 heterocycles. The number of hydrogen-bond acceptors (Lipinski definition) is 7. The van der Waals surface area contributed by atoms with E-state index in [9.17, 15) is 19.5 Å². The molecule has 0 aromatic heterocycles. The van der Waals surface area contributed by atoms with Gasteiger partial charge in [-0.1, -0.05) is 294 Å². The lowest BCUT2D eigenvalue weighted by Crippen LogP contribution is -2.40. The molecular weight excluding hydrogens is 959 g/mol. The number of aliphatic carboxylic acids is 1. The zero-order chi connectivity index (χ0) is 56.2. The third kappa shape index (κ3) is 61.0. The Balaban J connectivity index is 4.10. The maximum absolute atomic E-state index is 12.9. The standard InChI is InChI=1S/C68H127NO8/c1-6-8-10-12-14-16-18-20-22-24-26-28-29-30-31-32-33-34-35-36-37-39-41-43-45-47-49-51-53-55-57-59-66(71)77-64(63-76-68(67(72)73)74-61-60-69(3,4)5)62-75-65(70)58-56-54-52-50-48-46-44-42-40-38-27-25-23-21-19-17-15-13-11-9-7-2/h18,20,24,26,29-30,64,68H,6-17,19,21-23,25,27-28,31-63H2,1-5H3/p+1/b20-18-,26-24-,30-29-. The molecule has 452 valence electrons. The smallest absolute Gasteiger partial charge is 0.361 e. The van der Waals surface area contributed by atoms with Gasteiger partial charge in [-0.25, -0.2) is 4.79 Å². The molecule has 0 spiro atoms. The summed E-state index contributed by atoms with van der Waals surface area (Å²) >= 11 is 0. The fourth-order valence-electron chi connectivity index (χ4n) is 9.79. The van der Waals surface area contributed by atoms with E-state index in [1.165, 1.54) is 244 Å². The van der Waals surface area contributed by atoms with Crippen LogP contribution in [0, 0.1) is 0 Å². The summed E-state index contributed by atoms with van der Waals surface area (Å²) in [4.78, 5) is 37.5. The van der Waals surface area contributed by atoms with E-state index < -0.39 is 18.4 Å². The SMILES string of the molecule is CCCCCCC/C=C\C/C=C\C/C=C\CCCCCCCCCCCCCCCCCCC(=O)OC(COC(=O)CCCCCCCCCCCCCCCCCCCCCCC)COC(OCC[N+](C)(C)C)C(=O)O. The Bertz CT molecular complexity index is 1360. The molecule has 0 amide bonds. The van der Waals surface area contributed by atoms with Gasteiger partial charge in [-0.3, -0.25) is 9.59 Å². The summed E-state index contributed by atoms with van der Waals surface area (Å²) in [6, 6.07) is 0. The van der Waals surface area contributed by atoms with Gasteiger partial charge in [0.1, 0.15) is 13.2 Å². The quantitative estimate of drug-likeness (QED) is 0.0211. The van der Waals surface area contributed by atoms with Gasteiger partial charge in [0.2, 0.25) is 0 Å². The maximum atomic E-state index is 12.9. The number of likely N-dealkylation sites (N-methyl/N-ethyl adjacent to an activating group) is 1. The Hall–Kier alpha value is -2.49. The van der Waals surface area contributed by atoms with E-state index in [2.05, 4.69) is 50.3 Å². The molecule has 0 aliphatic heterocycles. The van der Waals surface area contributed by atoms with E-state index >= 15 is 0 Å². The lowest BCUT2D eigenvalue weighted by molar-refractivity contribution is -0.870. The number of allylic oxidation sites excluding steroid dienone is 6. The number of ether oxygens (including phenoxy) is 4. The minimum absolute atomic E-state index is 0.176. The molecule has 0 saturated carbocycles. The van der Waals surface area contributed by atoms with Crippen molar-refractivity contribution in [3.8, 4) is 0 Å². The first-order valence-corrected chi connectivity index (χ1v) is 33.2. The van der Waals surface area contributed by atoms with Crippen molar-refractivity contribution in [3.63, 3.8) is 0 Å². The predicted octanol–water partition coefficient (Wildman–Crippen LogP) is 20.0. The maximum Gasteiger partial charge on any atom is 0.361 e. The van der Waals surface area contributed by atoms with Gasteiger partial charge in [0.25, 0.3) is 6.29 Å². The Kier molecular flexibility index (Phi) is 57.7. The number of carboxylic acid groups (broad SMARTS) is 1. The fourth-order valence-corrected chi connectivity index (χ4v) is 9.79. The second-order valence-corrected chi connectivity index (χ2v) is 23.8. The van der Waals surface area contributed by atoms with Crippen molar-refractivity contribution < 1.29 is 42.9 Å². The van der Waals surface area contributed by atoms with Gasteiger partial charge in [0.05, 0.1) is 34.4 Å². The third-order valence-electron chi connectivity index (χ3n) is 14.9. The van der Waals surface area contributed by atoms with Crippen LogP contribution >= 0.6 is 0 Å². The second kappa shape index (κ2) is 59.6. The highest BCUT2D eigenvalue weighted by molar-refractivity contribution is 5.71. The number of carboxylic acids is 1. The van der Waals surface area contributed by atoms with Crippen molar-refractivity contribution in [1.29, 1.82) is 0 Å². The number of nitrogens with zero attached hydrogens (tertiary/aromatic N) is 1. The number of unbranched alkanes of at least 4 members (excludes halogenated alkanes) is 41. The molecule has 77 heavy (non-hydrogen) atoms. The van der Waals surface area contributed by atoms with Gasteiger partial charge in [0, 0.05) is 12.8 Å². The largest absolute Gasteiger partial charge is 0.477 e. The number of quaternary nitrogens is 1.